The summed E-state index contributed by atoms with van der Waals surface area (Å²) in [5.41, 5.74) is 0.548. The van der Waals surface area contributed by atoms with Gasteiger partial charge in [-0.1, -0.05) is 0 Å². The van der Waals surface area contributed by atoms with Crippen molar-refractivity contribution in [2.45, 2.75) is 13.8 Å². The molecule has 1 aliphatic rings. The van der Waals surface area contributed by atoms with Crippen LogP contribution in [0.1, 0.15) is 24.2 Å². The van der Waals surface area contributed by atoms with E-state index in [1.54, 1.807) is 12.1 Å². The van der Waals surface area contributed by atoms with Crippen LogP contribution in [0.5, 0.6) is 5.75 Å². The molecule has 0 fully saturated rings. The Bertz CT molecular complexity index is 521. The van der Waals surface area contributed by atoms with Gasteiger partial charge in [0.15, 0.2) is 0 Å². The lowest BCUT2D eigenvalue weighted by Gasteiger charge is -2.11. The molecule has 2 rings (SSSR count). The minimum atomic E-state index is -0.804. The summed E-state index contributed by atoms with van der Waals surface area (Å²) < 4.78 is 5.24. The summed E-state index contributed by atoms with van der Waals surface area (Å²) in [5.74, 6) is -1.43. The molecule has 2 amide bonds. The van der Waals surface area contributed by atoms with Crippen LogP contribution in [-0.2, 0) is 9.59 Å². The zero-order valence-corrected chi connectivity index (χ0v) is 9.52. The lowest BCUT2D eigenvalue weighted by Crippen LogP contribution is -2.33. The SMILES string of the molecule is CCOc1ccc2c(c1)C(=O)C(=O)N2C(C)=O. The molecule has 0 saturated heterocycles. The average molecular weight is 233 g/mol. The Hall–Kier alpha value is -2.17. The minimum absolute atomic E-state index is 0.219. The summed E-state index contributed by atoms with van der Waals surface area (Å²) in [7, 11) is 0. The maximum Gasteiger partial charge on any atom is 0.306 e. The average Bonchev–Trinajstić information content (AvgIpc) is 2.53. The Labute approximate surface area is 98.0 Å². The van der Waals surface area contributed by atoms with Crippen LogP contribution in [0.25, 0.3) is 0 Å². The van der Waals surface area contributed by atoms with E-state index >= 15 is 0 Å². The van der Waals surface area contributed by atoms with Crippen molar-refractivity contribution in [1.29, 1.82) is 0 Å². The Balaban J connectivity index is 2.51. The first-order valence-electron chi connectivity index (χ1n) is 5.22. The normalized spacial score (nSPS) is 13.9. The number of rotatable bonds is 2. The monoisotopic (exact) mass is 233 g/mol. The van der Waals surface area contributed by atoms with Crippen LogP contribution in [0, 0.1) is 0 Å². The summed E-state index contributed by atoms with van der Waals surface area (Å²) in [5, 5.41) is 0. The Morgan fingerprint density at radius 3 is 2.65 bits per heavy atom. The van der Waals surface area contributed by atoms with Crippen molar-refractivity contribution >= 4 is 23.3 Å². The van der Waals surface area contributed by atoms with Gasteiger partial charge < -0.3 is 4.74 Å². The first kappa shape index (κ1) is 11.3. The fraction of sp³-hybridized carbons (Fsp3) is 0.250. The van der Waals surface area contributed by atoms with Crippen molar-refractivity contribution in [3.05, 3.63) is 23.8 Å². The molecular formula is C12H11NO4. The number of carbonyl (C=O) groups is 3. The van der Waals surface area contributed by atoms with Gasteiger partial charge in [0.1, 0.15) is 5.75 Å². The van der Waals surface area contributed by atoms with E-state index in [0.717, 1.165) is 4.90 Å². The lowest BCUT2D eigenvalue weighted by molar-refractivity contribution is -0.122. The molecule has 0 N–H and O–H groups in total. The molecule has 88 valence electrons. The Kier molecular flexibility index (Phi) is 2.67. The van der Waals surface area contributed by atoms with Crippen molar-refractivity contribution in [2.24, 2.45) is 0 Å². The molecule has 17 heavy (non-hydrogen) atoms. The van der Waals surface area contributed by atoms with E-state index in [9.17, 15) is 14.4 Å². The third kappa shape index (κ3) is 1.69. The van der Waals surface area contributed by atoms with Crippen LogP contribution in [0.15, 0.2) is 18.2 Å². The molecule has 0 unspecified atom stereocenters. The quantitative estimate of drug-likeness (QED) is 0.719. The van der Waals surface area contributed by atoms with Crippen LogP contribution in [0.4, 0.5) is 5.69 Å². The first-order valence-corrected chi connectivity index (χ1v) is 5.22. The number of amides is 2. The largest absolute Gasteiger partial charge is 0.494 e. The number of ether oxygens (including phenoxy) is 1. The van der Waals surface area contributed by atoms with Gasteiger partial charge in [0.25, 0.3) is 5.78 Å². The van der Waals surface area contributed by atoms with Crippen LogP contribution in [0.3, 0.4) is 0 Å². The standard InChI is InChI=1S/C12H11NO4/c1-3-17-8-4-5-10-9(6-8)11(15)12(16)13(10)7(2)14/h4-6H,3H2,1-2H3. The number of anilines is 1. The molecule has 5 nitrogen and oxygen atoms in total. The topological polar surface area (TPSA) is 63.7 Å². The fourth-order valence-corrected chi connectivity index (χ4v) is 1.79. The van der Waals surface area contributed by atoms with Crippen LogP contribution < -0.4 is 9.64 Å². The van der Waals surface area contributed by atoms with Crippen molar-refractivity contribution < 1.29 is 19.1 Å². The zero-order chi connectivity index (χ0) is 12.6. The maximum atomic E-state index is 11.7. The third-order valence-electron chi connectivity index (χ3n) is 2.48. The number of hydrogen-bond donors (Lipinski definition) is 0. The minimum Gasteiger partial charge on any atom is -0.494 e. The van der Waals surface area contributed by atoms with Gasteiger partial charge in [-0.2, -0.15) is 0 Å². The number of hydrogen-bond acceptors (Lipinski definition) is 4. The molecule has 0 bridgehead atoms. The molecule has 0 saturated carbocycles. The van der Waals surface area contributed by atoms with E-state index < -0.39 is 17.6 Å². The number of nitrogens with zero attached hydrogens (tertiary/aromatic N) is 1. The molecule has 1 aromatic rings. The van der Waals surface area contributed by atoms with Gasteiger partial charge in [-0.05, 0) is 25.1 Å². The predicted molar refractivity (Wildman–Crippen MR) is 60.1 cm³/mol. The highest BCUT2D eigenvalue weighted by atomic mass is 16.5. The van der Waals surface area contributed by atoms with Gasteiger partial charge in [0.05, 0.1) is 17.9 Å². The zero-order valence-electron chi connectivity index (χ0n) is 9.52. The van der Waals surface area contributed by atoms with E-state index in [1.807, 2.05) is 6.92 Å². The van der Waals surface area contributed by atoms with Gasteiger partial charge >= 0.3 is 5.91 Å². The molecule has 0 spiro atoms. The highest BCUT2D eigenvalue weighted by molar-refractivity contribution is 6.56. The van der Waals surface area contributed by atoms with E-state index in [0.29, 0.717) is 18.0 Å². The number of ketones is 1. The summed E-state index contributed by atoms with van der Waals surface area (Å²) in [6, 6.07) is 4.66. The molecule has 0 aromatic heterocycles. The van der Waals surface area contributed by atoms with Gasteiger partial charge in [0, 0.05) is 6.92 Å². The van der Waals surface area contributed by atoms with E-state index in [-0.39, 0.29) is 5.56 Å². The number of carbonyl (C=O) groups excluding carboxylic acids is 3. The smallest absolute Gasteiger partial charge is 0.306 e. The molecule has 1 aliphatic heterocycles. The van der Waals surface area contributed by atoms with Gasteiger partial charge in [0.2, 0.25) is 5.91 Å². The first-order chi connectivity index (χ1) is 8.06. The highest BCUT2D eigenvalue weighted by Gasteiger charge is 2.38. The van der Waals surface area contributed by atoms with Crippen molar-refractivity contribution in [3.63, 3.8) is 0 Å². The second-order valence-corrected chi connectivity index (χ2v) is 3.60. The molecule has 5 heteroatoms. The lowest BCUT2D eigenvalue weighted by atomic mass is 10.1. The van der Waals surface area contributed by atoms with Crippen molar-refractivity contribution in [2.75, 3.05) is 11.5 Å². The van der Waals surface area contributed by atoms with E-state index in [1.165, 1.54) is 13.0 Å². The number of fused-ring (bicyclic) bond motifs is 1. The van der Waals surface area contributed by atoms with Crippen LogP contribution in [0.2, 0.25) is 0 Å². The number of Topliss-reactive ketones (excluding diaryl/α,β-unsaturated/α-hetero) is 1. The van der Waals surface area contributed by atoms with Crippen molar-refractivity contribution in [1.82, 2.24) is 0 Å². The van der Waals surface area contributed by atoms with Crippen molar-refractivity contribution in [3.8, 4) is 5.75 Å². The van der Waals surface area contributed by atoms with Gasteiger partial charge in [-0.25, -0.2) is 4.90 Å². The molecule has 0 radical (unpaired) electrons. The summed E-state index contributed by atoms with van der Waals surface area (Å²) in [6.07, 6.45) is 0. The van der Waals surface area contributed by atoms with Gasteiger partial charge in [-0.15, -0.1) is 0 Å². The second kappa shape index (κ2) is 4.01. The number of benzene rings is 1. The Morgan fingerprint density at radius 1 is 1.35 bits per heavy atom. The van der Waals surface area contributed by atoms with Crippen LogP contribution in [-0.4, -0.2) is 24.2 Å². The molecule has 0 aliphatic carbocycles. The molecule has 0 atom stereocenters. The fourth-order valence-electron chi connectivity index (χ4n) is 1.79. The highest BCUT2D eigenvalue weighted by Crippen LogP contribution is 2.32. The molecular weight excluding hydrogens is 222 g/mol. The summed E-state index contributed by atoms with van der Waals surface area (Å²) >= 11 is 0. The summed E-state index contributed by atoms with van der Waals surface area (Å²) in [6.45, 7) is 3.54. The second-order valence-electron chi connectivity index (χ2n) is 3.60. The summed E-state index contributed by atoms with van der Waals surface area (Å²) in [4.78, 5) is 35.4. The number of imide groups is 1. The Morgan fingerprint density at radius 2 is 2.06 bits per heavy atom. The third-order valence-corrected chi connectivity index (χ3v) is 2.48. The molecule has 1 aromatic carbocycles. The van der Waals surface area contributed by atoms with Crippen LogP contribution >= 0.6 is 0 Å². The predicted octanol–water partition coefficient (Wildman–Crippen LogP) is 1.16. The molecule has 1 heterocycles. The van der Waals surface area contributed by atoms with Gasteiger partial charge in [-0.3, -0.25) is 14.4 Å². The van der Waals surface area contributed by atoms with E-state index in [2.05, 4.69) is 0 Å². The maximum absolute atomic E-state index is 11.7. The van der Waals surface area contributed by atoms with E-state index in [4.69, 9.17) is 4.74 Å².